The van der Waals surface area contributed by atoms with Gasteiger partial charge in [-0.1, -0.05) is 42.5 Å². The van der Waals surface area contributed by atoms with Gasteiger partial charge in [0.1, 0.15) is 0 Å². The molecule has 1 unspecified atom stereocenters. The lowest BCUT2D eigenvalue weighted by Crippen LogP contribution is -2.44. The predicted molar refractivity (Wildman–Crippen MR) is 123 cm³/mol. The summed E-state index contributed by atoms with van der Waals surface area (Å²) in [6, 6.07) is 15.5. The topological polar surface area (TPSA) is 76.5 Å². The molecular formula is C25H25F3N4O3. The molecule has 3 aromatic rings. The molecule has 184 valence electrons. The van der Waals surface area contributed by atoms with Crippen molar-refractivity contribution in [3.63, 3.8) is 0 Å². The van der Waals surface area contributed by atoms with Crippen LogP contribution in [0.2, 0.25) is 0 Å². The van der Waals surface area contributed by atoms with E-state index in [4.69, 9.17) is 4.74 Å². The maximum Gasteiger partial charge on any atom is 0.418 e. The van der Waals surface area contributed by atoms with Gasteiger partial charge in [-0.2, -0.15) is 18.3 Å². The first-order valence-corrected chi connectivity index (χ1v) is 11.2. The minimum Gasteiger partial charge on any atom is -0.379 e. The van der Waals surface area contributed by atoms with Crippen molar-refractivity contribution in [2.75, 3.05) is 32.8 Å². The molecule has 1 aromatic heterocycles. The van der Waals surface area contributed by atoms with E-state index in [2.05, 4.69) is 15.3 Å². The largest absolute Gasteiger partial charge is 0.418 e. The quantitative estimate of drug-likeness (QED) is 0.578. The van der Waals surface area contributed by atoms with Gasteiger partial charge >= 0.3 is 6.18 Å². The van der Waals surface area contributed by atoms with Crippen molar-refractivity contribution in [3.05, 3.63) is 93.4 Å². The molecule has 1 amide bonds. The van der Waals surface area contributed by atoms with Crippen LogP contribution in [0.25, 0.3) is 5.69 Å². The molecule has 1 atom stereocenters. The third-order valence-electron chi connectivity index (χ3n) is 5.89. The Hall–Kier alpha value is -3.50. The molecule has 1 fully saturated rings. The van der Waals surface area contributed by atoms with E-state index in [1.54, 1.807) is 0 Å². The Labute approximate surface area is 200 Å². The van der Waals surface area contributed by atoms with Crippen LogP contribution in [0.1, 0.15) is 33.4 Å². The third kappa shape index (κ3) is 5.60. The first kappa shape index (κ1) is 24.6. The van der Waals surface area contributed by atoms with E-state index in [0.717, 1.165) is 22.4 Å². The smallest absolute Gasteiger partial charge is 0.379 e. The van der Waals surface area contributed by atoms with Crippen molar-refractivity contribution >= 4 is 5.91 Å². The van der Waals surface area contributed by atoms with Crippen LogP contribution in [0.5, 0.6) is 0 Å². The molecule has 10 heteroatoms. The second kappa shape index (κ2) is 10.4. The van der Waals surface area contributed by atoms with E-state index < -0.39 is 28.8 Å². The summed E-state index contributed by atoms with van der Waals surface area (Å²) >= 11 is 0. The van der Waals surface area contributed by atoms with Crippen LogP contribution < -0.4 is 10.7 Å². The number of para-hydroxylation sites is 1. The fourth-order valence-corrected chi connectivity index (χ4v) is 4.14. The highest BCUT2D eigenvalue weighted by atomic mass is 19.4. The fourth-order valence-electron chi connectivity index (χ4n) is 4.14. The summed E-state index contributed by atoms with van der Waals surface area (Å²) in [5, 5.41) is 6.80. The lowest BCUT2D eigenvalue weighted by molar-refractivity contribution is -0.137. The van der Waals surface area contributed by atoms with Crippen molar-refractivity contribution < 1.29 is 22.7 Å². The number of alkyl halides is 3. The molecule has 2 aromatic carbocycles. The third-order valence-corrected chi connectivity index (χ3v) is 5.89. The molecule has 7 nitrogen and oxygen atoms in total. The van der Waals surface area contributed by atoms with Gasteiger partial charge in [0, 0.05) is 31.4 Å². The number of carbonyl (C=O) groups excluding carboxylic acids is 1. The maximum absolute atomic E-state index is 13.6. The summed E-state index contributed by atoms with van der Waals surface area (Å²) < 4.78 is 47.1. The summed E-state index contributed by atoms with van der Waals surface area (Å²) in [5.74, 6) is -0.748. The van der Waals surface area contributed by atoms with Crippen molar-refractivity contribution in [2.24, 2.45) is 0 Å². The second-order valence-corrected chi connectivity index (χ2v) is 8.21. The van der Waals surface area contributed by atoms with E-state index in [1.807, 2.05) is 30.3 Å². The summed E-state index contributed by atoms with van der Waals surface area (Å²) in [6.07, 6.45) is -4.63. The number of rotatable bonds is 6. The molecule has 1 aliphatic heterocycles. The molecule has 0 saturated carbocycles. The standard InChI is InChI=1S/C25H25F3N4O3/c1-17-15-22(33)23(30-32(17)20-10-6-5-9-19(20)25(26,27)28)24(34)29-16-21(18-7-3-2-4-8-18)31-11-13-35-14-12-31/h2-10,15,21H,11-14,16H2,1H3,(H,29,34). The number of halogens is 3. The fraction of sp³-hybridized carbons (Fsp3) is 0.320. The van der Waals surface area contributed by atoms with Crippen LogP contribution in [0.15, 0.2) is 65.5 Å². The number of aromatic nitrogens is 2. The zero-order chi connectivity index (χ0) is 25.0. The Morgan fingerprint density at radius 3 is 2.43 bits per heavy atom. The Morgan fingerprint density at radius 2 is 1.74 bits per heavy atom. The minimum atomic E-state index is -4.63. The van der Waals surface area contributed by atoms with Gasteiger partial charge in [0.15, 0.2) is 5.69 Å². The Bertz CT molecular complexity index is 1240. The molecule has 0 aliphatic carbocycles. The lowest BCUT2D eigenvalue weighted by atomic mass is 10.0. The number of hydrogen-bond donors (Lipinski definition) is 1. The molecule has 1 aliphatic rings. The highest BCUT2D eigenvalue weighted by Crippen LogP contribution is 2.33. The highest BCUT2D eigenvalue weighted by Gasteiger charge is 2.34. The normalized spacial score (nSPS) is 15.5. The van der Waals surface area contributed by atoms with Crippen LogP contribution >= 0.6 is 0 Å². The van der Waals surface area contributed by atoms with Crippen molar-refractivity contribution in [1.29, 1.82) is 0 Å². The van der Waals surface area contributed by atoms with Gasteiger partial charge in [-0.15, -0.1) is 0 Å². The van der Waals surface area contributed by atoms with E-state index in [-0.39, 0.29) is 24.0 Å². The maximum atomic E-state index is 13.6. The van der Waals surface area contributed by atoms with E-state index in [1.165, 1.54) is 25.1 Å². The highest BCUT2D eigenvalue weighted by molar-refractivity contribution is 5.92. The molecule has 2 heterocycles. The second-order valence-electron chi connectivity index (χ2n) is 8.21. The molecule has 1 saturated heterocycles. The van der Waals surface area contributed by atoms with Crippen LogP contribution in [0.3, 0.4) is 0 Å². The van der Waals surface area contributed by atoms with Gasteiger partial charge in [0.25, 0.3) is 5.91 Å². The zero-order valence-electron chi connectivity index (χ0n) is 19.1. The van der Waals surface area contributed by atoms with Crippen LogP contribution in [-0.4, -0.2) is 53.4 Å². The van der Waals surface area contributed by atoms with Crippen LogP contribution in [0.4, 0.5) is 13.2 Å². The van der Waals surface area contributed by atoms with Gasteiger partial charge in [0.2, 0.25) is 5.43 Å². The van der Waals surface area contributed by atoms with Gasteiger partial charge in [-0.25, -0.2) is 4.68 Å². The van der Waals surface area contributed by atoms with Gasteiger partial charge < -0.3 is 10.1 Å². The summed E-state index contributed by atoms with van der Waals surface area (Å²) in [6.45, 7) is 4.16. The Kier molecular flexibility index (Phi) is 7.32. The Balaban J connectivity index is 1.62. The van der Waals surface area contributed by atoms with E-state index in [9.17, 15) is 22.8 Å². The van der Waals surface area contributed by atoms with Gasteiger partial charge in [-0.05, 0) is 24.6 Å². The molecular weight excluding hydrogens is 461 g/mol. The number of nitrogens with zero attached hydrogens (tertiary/aromatic N) is 3. The minimum absolute atomic E-state index is 0.164. The van der Waals surface area contributed by atoms with Crippen LogP contribution in [-0.2, 0) is 10.9 Å². The van der Waals surface area contributed by atoms with Crippen molar-refractivity contribution in [2.45, 2.75) is 19.1 Å². The number of benzene rings is 2. The predicted octanol–water partition coefficient (Wildman–Crippen LogP) is 3.36. The van der Waals surface area contributed by atoms with Crippen LogP contribution in [0, 0.1) is 6.92 Å². The summed E-state index contributed by atoms with van der Waals surface area (Å²) in [7, 11) is 0. The number of carbonyl (C=O) groups is 1. The zero-order valence-corrected chi connectivity index (χ0v) is 19.1. The molecule has 4 rings (SSSR count). The number of ether oxygens (including phenoxy) is 1. The number of aryl methyl sites for hydroxylation is 1. The average Bonchev–Trinajstić information content (AvgIpc) is 2.85. The van der Waals surface area contributed by atoms with Gasteiger partial charge in [0.05, 0.1) is 30.5 Å². The van der Waals surface area contributed by atoms with Crippen molar-refractivity contribution in [3.8, 4) is 5.69 Å². The van der Waals surface area contributed by atoms with Gasteiger partial charge in [-0.3, -0.25) is 14.5 Å². The lowest BCUT2D eigenvalue weighted by Gasteiger charge is -2.34. The average molecular weight is 486 g/mol. The molecule has 0 spiro atoms. The Morgan fingerprint density at radius 1 is 1.09 bits per heavy atom. The van der Waals surface area contributed by atoms with E-state index in [0.29, 0.717) is 26.3 Å². The first-order valence-electron chi connectivity index (χ1n) is 11.2. The molecule has 0 radical (unpaired) electrons. The molecule has 35 heavy (non-hydrogen) atoms. The summed E-state index contributed by atoms with van der Waals surface area (Å²) in [5.41, 5.74) is -1.14. The van der Waals surface area contributed by atoms with E-state index >= 15 is 0 Å². The number of nitrogens with one attached hydrogen (secondary N) is 1. The van der Waals surface area contributed by atoms with Crippen molar-refractivity contribution in [1.82, 2.24) is 20.0 Å². The number of amides is 1. The number of morpholine rings is 1. The summed E-state index contributed by atoms with van der Waals surface area (Å²) in [4.78, 5) is 27.8. The monoisotopic (exact) mass is 486 g/mol. The molecule has 0 bridgehead atoms. The first-order chi connectivity index (χ1) is 16.8. The SMILES string of the molecule is Cc1cc(=O)c(C(=O)NCC(c2ccccc2)N2CCOCC2)nn1-c1ccccc1C(F)(F)F. The molecule has 1 N–H and O–H groups in total. The number of hydrogen-bond acceptors (Lipinski definition) is 5.